The molecule has 0 bridgehead atoms. The molecular weight excluding hydrogens is 516 g/mol. The minimum atomic E-state index is -4.40. The zero-order valence-corrected chi connectivity index (χ0v) is 18.6. The van der Waals surface area contributed by atoms with Crippen molar-refractivity contribution in [3.05, 3.63) is 64.4 Å². The van der Waals surface area contributed by atoms with Gasteiger partial charge in [0.2, 0.25) is 0 Å². The summed E-state index contributed by atoms with van der Waals surface area (Å²) in [4.78, 5) is 7.73. The largest absolute Gasteiger partial charge is 0.434 e. The second-order valence-corrected chi connectivity index (χ2v) is 6.80. The SMILES string of the molecule is CN=C(NCCc1nc(C(F)(F)F)cs1)NCc1cnn(-c2ccccc2)c1.I. The number of nitrogens with one attached hydrogen (secondary N) is 2. The molecule has 0 radical (unpaired) electrons. The van der Waals surface area contributed by atoms with Gasteiger partial charge in [-0.1, -0.05) is 18.2 Å². The molecule has 3 aromatic rings. The lowest BCUT2D eigenvalue weighted by Crippen LogP contribution is -2.37. The summed E-state index contributed by atoms with van der Waals surface area (Å²) in [6.45, 7) is 0.940. The van der Waals surface area contributed by atoms with Gasteiger partial charge in [-0.05, 0) is 12.1 Å². The Balaban J connectivity index is 0.00000300. The first-order chi connectivity index (χ1) is 13.5. The molecule has 0 saturated heterocycles. The summed E-state index contributed by atoms with van der Waals surface area (Å²) in [6, 6.07) is 9.77. The summed E-state index contributed by atoms with van der Waals surface area (Å²) >= 11 is 1.00. The van der Waals surface area contributed by atoms with E-state index in [0.29, 0.717) is 30.5 Å². The molecule has 0 saturated carbocycles. The Bertz CT molecular complexity index is 923. The van der Waals surface area contributed by atoms with E-state index in [2.05, 4.69) is 25.7 Å². The average Bonchev–Trinajstić information content (AvgIpc) is 3.34. The van der Waals surface area contributed by atoms with E-state index < -0.39 is 11.9 Å². The van der Waals surface area contributed by atoms with E-state index in [1.807, 2.05) is 36.5 Å². The van der Waals surface area contributed by atoms with Crippen LogP contribution in [0.25, 0.3) is 5.69 Å². The van der Waals surface area contributed by atoms with Crippen LogP contribution in [0, 0.1) is 0 Å². The summed E-state index contributed by atoms with van der Waals surface area (Å²) in [7, 11) is 1.63. The van der Waals surface area contributed by atoms with Crippen molar-refractivity contribution in [2.75, 3.05) is 13.6 Å². The Morgan fingerprint density at radius 2 is 1.97 bits per heavy atom. The molecule has 0 aliphatic rings. The van der Waals surface area contributed by atoms with E-state index in [1.54, 1.807) is 17.9 Å². The molecule has 3 rings (SSSR count). The zero-order valence-electron chi connectivity index (χ0n) is 15.5. The summed E-state index contributed by atoms with van der Waals surface area (Å²) in [5.74, 6) is 0.556. The number of hydrogen-bond acceptors (Lipinski definition) is 4. The lowest BCUT2D eigenvalue weighted by atomic mass is 10.3. The smallest absolute Gasteiger partial charge is 0.356 e. The molecule has 0 atom stereocenters. The number of alkyl halides is 3. The van der Waals surface area contributed by atoms with E-state index >= 15 is 0 Å². The number of halogens is 4. The van der Waals surface area contributed by atoms with Crippen LogP contribution in [0.3, 0.4) is 0 Å². The fraction of sp³-hybridized carbons (Fsp3) is 0.278. The number of aliphatic imine (C=N–C) groups is 1. The number of rotatable bonds is 6. The molecule has 2 N–H and O–H groups in total. The molecule has 0 unspecified atom stereocenters. The molecule has 2 heterocycles. The van der Waals surface area contributed by atoms with Gasteiger partial charge in [-0.3, -0.25) is 4.99 Å². The third kappa shape index (κ3) is 6.70. The molecule has 1 aromatic carbocycles. The fourth-order valence-corrected chi connectivity index (χ4v) is 3.23. The molecule has 6 nitrogen and oxygen atoms in total. The van der Waals surface area contributed by atoms with Crippen molar-refractivity contribution in [3.8, 4) is 5.69 Å². The van der Waals surface area contributed by atoms with Crippen molar-refractivity contribution in [2.24, 2.45) is 4.99 Å². The molecule has 0 amide bonds. The Morgan fingerprint density at radius 3 is 2.62 bits per heavy atom. The number of para-hydroxylation sites is 1. The highest BCUT2D eigenvalue weighted by Gasteiger charge is 2.33. The number of aromatic nitrogens is 3. The van der Waals surface area contributed by atoms with Crippen LogP contribution in [0.1, 0.15) is 16.3 Å². The highest BCUT2D eigenvalue weighted by atomic mass is 127. The van der Waals surface area contributed by atoms with Crippen LogP contribution in [0.4, 0.5) is 13.2 Å². The lowest BCUT2D eigenvalue weighted by molar-refractivity contribution is -0.140. The third-order valence-corrected chi connectivity index (χ3v) is 4.72. The second kappa shape index (κ2) is 10.6. The first kappa shape index (κ1) is 23.1. The molecule has 0 spiro atoms. The van der Waals surface area contributed by atoms with Crippen LogP contribution >= 0.6 is 35.3 Å². The molecule has 11 heteroatoms. The number of guanidine groups is 1. The van der Waals surface area contributed by atoms with Gasteiger partial charge in [-0.2, -0.15) is 18.3 Å². The maximum Gasteiger partial charge on any atom is 0.434 e. The van der Waals surface area contributed by atoms with Crippen molar-refractivity contribution in [1.82, 2.24) is 25.4 Å². The van der Waals surface area contributed by atoms with Crippen molar-refractivity contribution in [2.45, 2.75) is 19.1 Å². The van der Waals surface area contributed by atoms with Crippen LogP contribution in [0.2, 0.25) is 0 Å². The summed E-state index contributed by atoms with van der Waals surface area (Å²) in [5.41, 5.74) is 1.10. The van der Waals surface area contributed by atoms with Gasteiger partial charge in [0.05, 0.1) is 16.9 Å². The van der Waals surface area contributed by atoms with E-state index in [4.69, 9.17) is 0 Å². The van der Waals surface area contributed by atoms with E-state index in [0.717, 1.165) is 28.0 Å². The third-order valence-electron chi connectivity index (χ3n) is 3.81. The first-order valence-corrected chi connectivity index (χ1v) is 9.39. The van der Waals surface area contributed by atoms with Gasteiger partial charge in [-0.15, -0.1) is 35.3 Å². The van der Waals surface area contributed by atoms with Gasteiger partial charge in [0.25, 0.3) is 0 Å². The first-order valence-electron chi connectivity index (χ1n) is 8.51. The van der Waals surface area contributed by atoms with Crippen LogP contribution in [-0.2, 0) is 19.1 Å². The predicted octanol–water partition coefficient (Wildman–Crippen LogP) is 3.87. The molecular formula is C18H20F3IN6S. The monoisotopic (exact) mass is 536 g/mol. The van der Waals surface area contributed by atoms with Crippen molar-refractivity contribution in [3.63, 3.8) is 0 Å². The molecule has 2 aromatic heterocycles. The molecule has 156 valence electrons. The fourth-order valence-electron chi connectivity index (χ4n) is 2.42. The Hall–Kier alpha value is -2.15. The highest BCUT2D eigenvalue weighted by molar-refractivity contribution is 14.0. The van der Waals surface area contributed by atoms with Crippen LogP contribution in [0.5, 0.6) is 0 Å². The number of hydrogen-bond donors (Lipinski definition) is 2. The van der Waals surface area contributed by atoms with Crippen molar-refractivity contribution >= 4 is 41.3 Å². The minimum Gasteiger partial charge on any atom is -0.356 e. The Kier molecular flexibility index (Phi) is 8.44. The maximum atomic E-state index is 12.6. The average molecular weight is 536 g/mol. The Labute approximate surface area is 187 Å². The Morgan fingerprint density at radius 1 is 1.21 bits per heavy atom. The van der Waals surface area contributed by atoms with Gasteiger partial charge in [-0.25, -0.2) is 9.67 Å². The molecule has 0 aliphatic carbocycles. The van der Waals surface area contributed by atoms with Crippen LogP contribution < -0.4 is 10.6 Å². The topological polar surface area (TPSA) is 67.1 Å². The standard InChI is InChI=1S/C18H19F3N6S.HI/c1-22-17(23-8-7-16-26-15(12-28-16)18(19,20)21)24-9-13-10-25-27(11-13)14-5-3-2-4-6-14;/h2-6,10-12H,7-9H2,1H3,(H2,22,23,24);1H. The zero-order chi connectivity index (χ0) is 20.0. The maximum absolute atomic E-state index is 12.6. The summed E-state index contributed by atoms with van der Waals surface area (Å²) < 4.78 is 39.5. The number of benzene rings is 1. The number of thiazole rings is 1. The van der Waals surface area contributed by atoms with Crippen molar-refractivity contribution in [1.29, 1.82) is 0 Å². The molecule has 0 aliphatic heterocycles. The molecule has 29 heavy (non-hydrogen) atoms. The lowest BCUT2D eigenvalue weighted by Gasteiger charge is -2.10. The van der Waals surface area contributed by atoms with Crippen molar-refractivity contribution < 1.29 is 13.2 Å². The van der Waals surface area contributed by atoms with Crippen LogP contribution in [0.15, 0.2) is 53.1 Å². The quantitative estimate of drug-likeness (QED) is 0.285. The summed E-state index contributed by atoms with van der Waals surface area (Å²) in [6.07, 6.45) is -0.331. The second-order valence-electron chi connectivity index (χ2n) is 5.86. The summed E-state index contributed by atoms with van der Waals surface area (Å²) in [5, 5.41) is 12.0. The van der Waals surface area contributed by atoms with E-state index in [-0.39, 0.29) is 24.0 Å². The predicted molar refractivity (Wildman–Crippen MR) is 118 cm³/mol. The highest BCUT2D eigenvalue weighted by Crippen LogP contribution is 2.29. The van der Waals surface area contributed by atoms with E-state index in [9.17, 15) is 13.2 Å². The van der Waals surface area contributed by atoms with Crippen LogP contribution in [-0.4, -0.2) is 34.3 Å². The molecule has 0 fully saturated rings. The van der Waals surface area contributed by atoms with Gasteiger partial charge >= 0.3 is 6.18 Å². The number of nitrogens with zero attached hydrogens (tertiary/aromatic N) is 4. The minimum absolute atomic E-state index is 0. The van der Waals surface area contributed by atoms with Gasteiger partial charge in [0, 0.05) is 43.7 Å². The normalized spacial score (nSPS) is 11.8. The van der Waals surface area contributed by atoms with E-state index in [1.165, 1.54) is 0 Å². The van der Waals surface area contributed by atoms with Gasteiger partial charge < -0.3 is 10.6 Å². The van der Waals surface area contributed by atoms with Gasteiger partial charge in [0.15, 0.2) is 11.7 Å². The van der Waals surface area contributed by atoms with Gasteiger partial charge in [0.1, 0.15) is 0 Å².